The monoisotopic (exact) mass is 476 g/mol. The lowest BCUT2D eigenvalue weighted by atomic mass is 10.1. The number of nitrogens with one attached hydrogen (secondary N) is 1. The van der Waals surface area contributed by atoms with Gasteiger partial charge in [0.25, 0.3) is 5.91 Å². The van der Waals surface area contributed by atoms with Crippen LogP contribution in [0.5, 0.6) is 5.75 Å². The molecule has 1 amide bonds. The Kier molecular flexibility index (Phi) is 6.42. The molecule has 6 nitrogen and oxygen atoms in total. The summed E-state index contributed by atoms with van der Waals surface area (Å²) in [7, 11) is 0. The molecular weight excluding hydrogens is 457 g/mol. The lowest BCUT2D eigenvalue weighted by Gasteiger charge is -2.21. The van der Waals surface area contributed by atoms with E-state index in [-0.39, 0.29) is 11.3 Å². The highest BCUT2D eigenvalue weighted by Crippen LogP contribution is 2.33. The minimum Gasteiger partial charge on any atom is -0.420 e. The average molecular weight is 477 g/mol. The number of carbonyl (C=O) groups excluding carboxylic acids is 1. The molecule has 0 saturated carbocycles. The van der Waals surface area contributed by atoms with E-state index in [1.165, 1.54) is 42.7 Å². The Hall–Kier alpha value is -3.33. The number of halogens is 4. The van der Waals surface area contributed by atoms with Gasteiger partial charge in [-0.15, -0.1) is 8.78 Å². The number of hydrogen-bond acceptors (Lipinski definition) is 5. The van der Waals surface area contributed by atoms with Crippen LogP contribution in [0.25, 0.3) is 11.1 Å². The van der Waals surface area contributed by atoms with Crippen LogP contribution in [0.1, 0.15) is 23.7 Å². The molecule has 2 aromatic heterocycles. The van der Waals surface area contributed by atoms with Crippen molar-refractivity contribution in [2.24, 2.45) is 5.92 Å². The first-order valence-corrected chi connectivity index (χ1v) is 10.6. The standard InChI is InChI=1S/C23H20ClF3N4O2/c1-14-6-7-31(13-14)21-20(15-8-17(25)12-28-10-15)9-16(11-29-21)22(32)30-18-2-4-19(5-3-18)33-23(24,26)27/h2-5,8-12,14H,6-7,13H2,1H3,(H,30,32)/t14-/m1/s1. The molecule has 10 heteroatoms. The summed E-state index contributed by atoms with van der Waals surface area (Å²) < 4.78 is 43.6. The Bertz CT molecular complexity index is 1160. The van der Waals surface area contributed by atoms with Gasteiger partial charge >= 0.3 is 5.57 Å². The summed E-state index contributed by atoms with van der Waals surface area (Å²) in [6.07, 6.45) is 5.10. The normalized spacial score (nSPS) is 16.0. The van der Waals surface area contributed by atoms with Gasteiger partial charge in [0.05, 0.1) is 11.8 Å². The fourth-order valence-corrected chi connectivity index (χ4v) is 3.76. The van der Waals surface area contributed by atoms with Crippen LogP contribution < -0.4 is 15.0 Å². The maximum Gasteiger partial charge on any atom is 0.487 e. The van der Waals surface area contributed by atoms with E-state index in [4.69, 9.17) is 11.6 Å². The minimum absolute atomic E-state index is 0.153. The lowest BCUT2D eigenvalue weighted by molar-refractivity contribution is -0.0964. The van der Waals surface area contributed by atoms with Crippen molar-refractivity contribution in [3.63, 3.8) is 0 Å². The van der Waals surface area contributed by atoms with E-state index in [0.717, 1.165) is 25.7 Å². The highest BCUT2D eigenvalue weighted by atomic mass is 35.5. The number of carbonyl (C=O) groups is 1. The second-order valence-electron chi connectivity index (χ2n) is 7.85. The zero-order valence-corrected chi connectivity index (χ0v) is 18.3. The van der Waals surface area contributed by atoms with E-state index in [0.29, 0.717) is 28.6 Å². The SMILES string of the molecule is C[C@@H]1CCN(c2ncc(C(=O)Nc3ccc(OC(F)(F)Cl)cc3)cc2-c2cncc(F)c2)C1. The van der Waals surface area contributed by atoms with E-state index in [2.05, 4.69) is 31.8 Å². The van der Waals surface area contributed by atoms with Crippen LogP contribution in [0.2, 0.25) is 0 Å². The van der Waals surface area contributed by atoms with Gasteiger partial charge < -0.3 is 15.0 Å². The van der Waals surface area contributed by atoms with Crippen molar-refractivity contribution >= 4 is 29.0 Å². The third-order valence-electron chi connectivity index (χ3n) is 5.21. The van der Waals surface area contributed by atoms with Crippen molar-refractivity contribution in [2.45, 2.75) is 18.9 Å². The van der Waals surface area contributed by atoms with Crippen molar-refractivity contribution in [3.8, 4) is 16.9 Å². The molecule has 0 spiro atoms. The van der Waals surface area contributed by atoms with Gasteiger partial charge in [-0.1, -0.05) is 6.92 Å². The van der Waals surface area contributed by atoms with Crippen LogP contribution in [0.15, 0.2) is 55.0 Å². The molecule has 1 aromatic carbocycles. The summed E-state index contributed by atoms with van der Waals surface area (Å²) in [5.41, 5.74) is -2.12. The van der Waals surface area contributed by atoms with Crippen LogP contribution >= 0.6 is 11.6 Å². The fourth-order valence-electron chi connectivity index (χ4n) is 3.68. The fraction of sp³-hybridized carbons (Fsp3) is 0.261. The predicted molar refractivity (Wildman–Crippen MR) is 119 cm³/mol. The van der Waals surface area contributed by atoms with Crippen molar-refractivity contribution < 1.29 is 22.7 Å². The van der Waals surface area contributed by atoms with Crippen molar-refractivity contribution in [3.05, 3.63) is 66.4 Å². The Morgan fingerprint density at radius 2 is 1.97 bits per heavy atom. The van der Waals surface area contributed by atoms with Crippen LogP contribution in [0, 0.1) is 11.7 Å². The highest BCUT2D eigenvalue weighted by molar-refractivity contribution is 6.20. The molecule has 1 aliphatic rings. The number of benzene rings is 1. The Labute approximate surface area is 193 Å². The van der Waals surface area contributed by atoms with E-state index in [1.54, 1.807) is 6.07 Å². The average Bonchev–Trinajstić information content (AvgIpc) is 3.20. The van der Waals surface area contributed by atoms with Gasteiger partial charge in [-0.2, -0.15) is 0 Å². The Morgan fingerprint density at radius 1 is 1.21 bits per heavy atom. The first kappa shape index (κ1) is 22.8. The molecule has 3 aromatic rings. The van der Waals surface area contributed by atoms with E-state index < -0.39 is 17.3 Å². The van der Waals surface area contributed by atoms with Crippen molar-refractivity contribution in [1.82, 2.24) is 9.97 Å². The summed E-state index contributed by atoms with van der Waals surface area (Å²) >= 11 is 4.75. The summed E-state index contributed by atoms with van der Waals surface area (Å²) in [6.45, 7) is 3.77. The van der Waals surface area contributed by atoms with E-state index in [1.807, 2.05) is 0 Å². The number of amides is 1. The molecule has 33 heavy (non-hydrogen) atoms. The van der Waals surface area contributed by atoms with Crippen LogP contribution in [-0.2, 0) is 0 Å². The molecule has 0 radical (unpaired) electrons. The largest absolute Gasteiger partial charge is 0.487 e. The van der Waals surface area contributed by atoms with Gasteiger partial charge in [0.1, 0.15) is 17.4 Å². The molecule has 1 aliphatic heterocycles. The van der Waals surface area contributed by atoms with Crippen LogP contribution in [0.3, 0.4) is 0 Å². The molecule has 1 saturated heterocycles. The summed E-state index contributed by atoms with van der Waals surface area (Å²) in [4.78, 5) is 23.4. The van der Waals surface area contributed by atoms with Crippen LogP contribution in [0.4, 0.5) is 24.7 Å². The quantitative estimate of drug-likeness (QED) is 0.472. The van der Waals surface area contributed by atoms with Gasteiger partial charge in [0.2, 0.25) is 0 Å². The lowest BCUT2D eigenvalue weighted by Crippen LogP contribution is -2.22. The maximum absolute atomic E-state index is 13.9. The van der Waals surface area contributed by atoms with E-state index >= 15 is 0 Å². The molecule has 0 aliphatic carbocycles. The smallest absolute Gasteiger partial charge is 0.420 e. The number of aromatic nitrogens is 2. The molecule has 1 fully saturated rings. The summed E-state index contributed by atoms with van der Waals surface area (Å²) in [5, 5.41) is 2.68. The molecule has 1 atom stereocenters. The molecule has 172 valence electrons. The molecule has 1 N–H and O–H groups in total. The van der Waals surface area contributed by atoms with Crippen molar-refractivity contribution in [1.29, 1.82) is 0 Å². The number of hydrogen-bond donors (Lipinski definition) is 1. The third-order valence-corrected chi connectivity index (χ3v) is 5.29. The number of ether oxygens (including phenoxy) is 1. The van der Waals surface area contributed by atoms with Crippen molar-refractivity contribution in [2.75, 3.05) is 23.3 Å². The molecular formula is C23H20ClF3N4O2. The number of pyridine rings is 2. The third kappa shape index (κ3) is 5.73. The zero-order chi connectivity index (χ0) is 23.6. The first-order chi connectivity index (χ1) is 15.7. The summed E-state index contributed by atoms with van der Waals surface area (Å²) in [6, 6.07) is 8.31. The van der Waals surface area contributed by atoms with Gasteiger partial charge in [-0.25, -0.2) is 9.37 Å². The molecule has 3 heterocycles. The highest BCUT2D eigenvalue weighted by Gasteiger charge is 2.27. The predicted octanol–water partition coefficient (Wildman–Crippen LogP) is 5.55. The number of anilines is 2. The minimum atomic E-state index is -3.83. The Morgan fingerprint density at radius 3 is 2.61 bits per heavy atom. The molecule has 0 unspecified atom stereocenters. The molecule has 4 rings (SSSR count). The van der Waals surface area contributed by atoms with Gasteiger partial charge in [0.15, 0.2) is 0 Å². The maximum atomic E-state index is 13.9. The summed E-state index contributed by atoms with van der Waals surface area (Å²) in [5.74, 6) is 0.0456. The zero-order valence-electron chi connectivity index (χ0n) is 17.6. The second-order valence-corrected chi connectivity index (χ2v) is 8.29. The number of nitrogens with zero attached hydrogens (tertiary/aromatic N) is 3. The van der Waals surface area contributed by atoms with Gasteiger partial charge in [0, 0.05) is 53.9 Å². The molecule has 0 bridgehead atoms. The Balaban J connectivity index is 1.60. The van der Waals surface area contributed by atoms with E-state index in [9.17, 15) is 18.0 Å². The number of rotatable bonds is 6. The van der Waals surface area contributed by atoms with Gasteiger partial charge in [-0.05, 0) is 48.7 Å². The first-order valence-electron chi connectivity index (χ1n) is 10.2. The second kappa shape index (κ2) is 9.27. The van der Waals surface area contributed by atoms with Gasteiger partial charge in [-0.3, -0.25) is 9.78 Å². The topological polar surface area (TPSA) is 67.4 Å². The number of alkyl halides is 3. The van der Waals surface area contributed by atoms with Crippen LogP contribution in [-0.4, -0.2) is 34.5 Å².